The average molecular weight is 321 g/mol. The molecule has 0 fully saturated rings. The van der Waals surface area contributed by atoms with Crippen molar-refractivity contribution in [3.05, 3.63) is 27.7 Å². The Bertz CT molecular complexity index is 522. The van der Waals surface area contributed by atoms with Crippen molar-refractivity contribution < 1.29 is 19.8 Å². The number of carboxylic acid groups (broad SMARTS) is 1. The number of halogens is 2. The molecule has 0 aromatic heterocycles. The number of aliphatic hydroxyl groups excluding tert-OH is 1. The second-order valence-corrected chi connectivity index (χ2v) is 4.84. The van der Waals surface area contributed by atoms with Crippen LogP contribution in [0.25, 0.3) is 0 Å². The second-order valence-electron chi connectivity index (χ2n) is 4.05. The van der Waals surface area contributed by atoms with Crippen molar-refractivity contribution in [3.63, 3.8) is 0 Å². The molecule has 6 nitrogen and oxygen atoms in total. The van der Waals surface area contributed by atoms with Crippen LogP contribution in [0.2, 0.25) is 10.0 Å². The van der Waals surface area contributed by atoms with Crippen molar-refractivity contribution in [2.75, 3.05) is 11.9 Å². The van der Waals surface area contributed by atoms with Crippen molar-refractivity contribution in [3.8, 4) is 0 Å². The number of amides is 2. The van der Waals surface area contributed by atoms with Crippen molar-refractivity contribution >= 4 is 40.9 Å². The minimum absolute atomic E-state index is 0.0992. The molecule has 4 N–H and O–H groups in total. The summed E-state index contributed by atoms with van der Waals surface area (Å²) in [5.74, 6) is -1.24. The molecule has 0 aliphatic carbocycles. The minimum Gasteiger partial charge on any atom is -0.480 e. The number of carbonyl (C=O) groups excluding carboxylic acids is 1. The third-order valence-electron chi connectivity index (χ3n) is 2.54. The predicted octanol–water partition coefficient (Wildman–Crippen LogP) is 2.26. The highest BCUT2D eigenvalue weighted by atomic mass is 35.5. The standard InChI is InChI=1S/C12H14Cl2N2O4/c1-6-2-3-7(13)10(9(6)14)16-12(20)15-8(4-5-17)11(18)19/h2-3,8,17H,4-5H2,1H3,(H,18,19)(H2,15,16,20). The van der Waals surface area contributed by atoms with Crippen LogP contribution in [-0.2, 0) is 4.79 Å². The van der Waals surface area contributed by atoms with Gasteiger partial charge >= 0.3 is 12.0 Å². The van der Waals surface area contributed by atoms with Crippen LogP contribution >= 0.6 is 23.2 Å². The van der Waals surface area contributed by atoms with Gasteiger partial charge in [0.25, 0.3) is 0 Å². The quantitative estimate of drug-likeness (QED) is 0.668. The van der Waals surface area contributed by atoms with Crippen LogP contribution in [0.5, 0.6) is 0 Å². The number of hydrogen-bond acceptors (Lipinski definition) is 3. The van der Waals surface area contributed by atoms with Gasteiger partial charge in [-0.25, -0.2) is 9.59 Å². The maximum atomic E-state index is 11.7. The van der Waals surface area contributed by atoms with Crippen LogP contribution in [-0.4, -0.2) is 34.9 Å². The number of benzene rings is 1. The summed E-state index contributed by atoms with van der Waals surface area (Å²) in [6.07, 6.45) is -0.0992. The van der Waals surface area contributed by atoms with Crippen LogP contribution in [0.1, 0.15) is 12.0 Å². The summed E-state index contributed by atoms with van der Waals surface area (Å²) in [6, 6.07) is 1.31. The molecule has 0 spiro atoms. The van der Waals surface area contributed by atoms with Gasteiger partial charge in [0.1, 0.15) is 6.04 Å². The number of hydrogen-bond donors (Lipinski definition) is 4. The Hall–Kier alpha value is -1.50. The fraction of sp³-hybridized carbons (Fsp3) is 0.333. The van der Waals surface area contributed by atoms with Crippen molar-refractivity contribution in [1.82, 2.24) is 5.32 Å². The highest BCUT2D eigenvalue weighted by Crippen LogP contribution is 2.32. The van der Waals surface area contributed by atoms with Crippen molar-refractivity contribution in [2.45, 2.75) is 19.4 Å². The molecule has 0 saturated heterocycles. The van der Waals surface area contributed by atoms with Gasteiger partial charge < -0.3 is 20.8 Å². The van der Waals surface area contributed by atoms with Gasteiger partial charge in [0.05, 0.1) is 15.7 Å². The molecule has 20 heavy (non-hydrogen) atoms. The summed E-state index contributed by atoms with van der Waals surface area (Å²) >= 11 is 11.9. The summed E-state index contributed by atoms with van der Waals surface area (Å²) in [5.41, 5.74) is 0.926. The second kappa shape index (κ2) is 7.33. The smallest absolute Gasteiger partial charge is 0.326 e. The van der Waals surface area contributed by atoms with E-state index in [-0.39, 0.29) is 28.8 Å². The van der Waals surface area contributed by atoms with Crippen LogP contribution < -0.4 is 10.6 Å². The Morgan fingerprint density at radius 2 is 2.00 bits per heavy atom. The number of nitrogens with one attached hydrogen (secondary N) is 2. The first-order chi connectivity index (χ1) is 9.36. The number of carboxylic acids is 1. The van der Waals surface area contributed by atoms with E-state index >= 15 is 0 Å². The Morgan fingerprint density at radius 1 is 1.35 bits per heavy atom. The molecule has 110 valence electrons. The third kappa shape index (κ3) is 4.26. The molecule has 1 unspecified atom stereocenters. The molecular weight excluding hydrogens is 307 g/mol. The zero-order valence-electron chi connectivity index (χ0n) is 10.6. The number of anilines is 1. The number of carbonyl (C=O) groups is 2. The van der Waals surface area contributed by atoms with Gasteiger partial charge in [0.2, 0.25) is 0 Å². The van der Waals surface area contributed by atoms with E-state index in [0.717, 1.165) is 5.56 Å². The van der Waals surface area contributed by atoms with E-state index in [9.17, 15) is 9.59 Å². The van der Waals surface area contributed by atoms with Gasteiger partial charge in [-0.1, -0.05) is 29.3 Å². The van der Waals surface area contributed by atoms with Crippen molar-refractivity contribution in [2.24, 2.45) is 0 Å². The Labute approximate surface area is 125 Å². The van der Waals surface area contributed by atoms with Gasteiger partial charge in [-0.15, -0.1) is 0 Å². The van der Waals surface area contributed by atoms with E-state index in [1.807, 2.05) is 0 Å². The normalized spacial score (nSPS) is 11.8. The van der Waals surface area contributed by atoms with E-state index in [0.29, 0.717) is 0 Å². The first kappa shape index (κ1) is 16.6. The van der Waals surface area contributed by atoms with Crippen LogP contribution in [0.15, 0.2) is 12.1 Å². The number of aliphatic carboxylic acids is 1. The molecule has 1 atom stereocenters. The van der Waals surface area contributed by atoms with Gasteiger partial charge in [0, 0.05) is 13.0 Å². The Kier molecular flexibility index (Phi) is 6.06. The first-order valence-corrected chi connectivity index (χ1v) is 6.48. The fourth-order valence-corrected chi connectivity index (χ4v) is 1.93. The van der Waals surface area contributed by atoms with Crippen LogP contribution in [0.3, 0.4) is 0 Å². The number of aliphatic hydroxyl groups is 1. The summed E-state index contributed by atoms with van der Waals surface area (Å²) in [4.78, 5) is 22.6. The molecule has 0 bridgehead atoms. The third-order valence-corrected chi connectivity index (χ3v) is 3.35. The molecule has 0 aliphatic rings. The van der Waals surface area contributed by atoms with Gasteiger partial charge in [-0.05, 0) is 18.6 Å². The average Bonchev–Trinajstić information content (AvgIpc) is 2.38. The lowest BCUT2D eigenvalue weighted by atomic mass is 10.2. The lowest BCUT2D eigenvalue weighted by molar-refractivity contribution is -0.139. The van der Waals surface area contributed by atoms with Gasteiger partial charge in [-0.3, -0.25) is 0 Å². The summed E-state index contributed by atoms with van der Waals surface area (Å²) in [5, 5.41) is 22.7. The molecule has 0 radical (unpaired) electrons. The number of aryl methyl sites for hydroxylation is 1. The van der Waals surface area contributed by atoms with Gasteiger partial charge in [0.15, 0.2) is 0 Å². The monoisotopic (exact) mass is 320 g/mol. The molecular formula is C12H14Cl2N2O4. The van der Waals surface area contributed by atoms with E-state index in [1.165, 1.54) is 0 Å². The number of urea groups is 1. The Balaban J connectivity index is 2.81. The molecule has 0 heterocycles. The lowest BCUT2D eigenvalue weighted by Crippen LogP contribution is -2.43. The zero-order valence-corrected chi connectivity index (χ0v) is 12.1. The molecule has 0 saturated carbocycles. The maximum Gasteiger partial charge on any atom is 0.326 e. The minimum atomic E-state index is -1.24. The topological polar surface area (TPSA) is 98.7 Å². The van der Waals surface area contributed by atoms with E-state index in [4.69, 9.17) is 33.4 Å². The molecule has 8 heteroatoms. The van der Waals surface area contributed by atoms with Crippen LogP contribution in [0.4, 0.5) is 10.5 Å². The molecule has 1 rings (SSSR count). The summed E-state index contributed by atoms with van der Waals surface area (Å²) in [6.45, 7) is 1.39. The van der Waals surface area contributed by atoms with Crippen molar-refractivity contribution in [1.29, 1.82) is 0 Å². The largest absolute Gasteiger partial charge is 0.480 e. The Morgan fingerprint density at radius 3 is 2.55 bits per heavy atom. The zero-order chi connectivity index (χ0) is 15.3. The molecule has 1 aromatic carbocycles. The van der Waals surface area contributed by atoms with E-state index in [1.54, 1.807) is 19.1 Å². The highest BCUT2D eigenvalue weighted by Gasteiger charge is 2.20. The molecule has 2 amide bonds. The summed E-state index contributed by atoms with van der Waals surface area (Å²) < 4.78 is 0. The van der Waals surface area contributed by atoms with E-state index < -0.39 is 18.0 Å². The molecule has 1 aromatic rings. The lowest BCUT2D eigenvalue weighted by Gasteiger charge is -2.16. The highest BCUT2D eigenvalue weighted by molar-refractivity contribution is 6.40. The molecule has 0 aliphatic heterocycles. The first-order valence-electron chi connectivity index (χ1n) is 5.72. The fourth-order valence-electron chi connectivity index (χ4n) is 1.47. The SMILES string of the molecule is Cc1ccc(Cl)c(NC(=O)NC(CCO)C(=O)O)c1Cl. The van der Waals surface area contributed by atoms with E-state index in [2.05, 4.69) is 10.6 Å². The maximum absolute atomic E-state index is 11.7. The predicted molar refractivity (Wildman–Crippen MR) is 76.5 cm³/mol. The summed E-state index contributed by atoms with van der Waals surface area (Å²) in [7, 11) is 0. The van der Waals surface area contributed by atoms with Gasteiger partial charge in [-0.2, -0.15) is 0 Å². The number of rotatable bonds is 5. The van der Waals surface area contributed by atoms with Crippen LogP contribution in [0, 0.1) is 6.92 Å².